The van der Waals surface area contributed by atoms with E-state index >= 15 is 0 Å². The van der Waals surface area contributed by atoms with Crippen molar-refractivity contribution in [3.63, 3.8) is 0 Å². The van der Waals surface area contributed by atoms with Crippen LogP contribution in [0.2, 0.25) is 0 Å². The van der Waals surface area contributed by atoms with Gasteiger partial charge in [0.05, 0.1) is 12.3 Å². The number of hydrogen-bond acceptors (Lipinski definition) is 6. The zero-order chi connectivity index (χ0) is 16.4. The van der Waals surface area contributed by atoms with E-state index in [1.54, 1.807) is 23.9 Å². The van der Waals surface area contributed by atoms with Crippen LogP contribution in [0.1, 0.15) is 47.2 Å². The summed E-state index contributed by atoms with van der Waals surface area (Å²) >= 11 is 1.41. The van der Waals surface area contributed by atoms with E-state index in [1.165, 1.54) is 11.3 Å². The van der Waals surface area contributed by atoms with Crippen molar-refractivity contribution in [2.45, 2.75) is 39.2 Å². The molecule has 0 radical (unpaired) electrons. The Morgan fingerprint density at radius 2 is 2.30 bits per heavy atom. The number of hydrogen-bond donors (Lipinski definition) is 1. The lowest BCUT2D eigenvalue weighted by Gasteiger charge is -2.07. The molecule has 1 unspecified atom stereocenters. The summed E-state index contributed by atoms with van der Waals surface area (Å²) in [6.45, 7) is 4.81. The van der Waals surface area contributed by atoms with Gasteiger partial charge < -0.3 is 4.74 Å². The highest BCUT2D eigenvalue weighted by Gasteiger charge is 2.33. The Morgan fingerprint density at radius 1 is 1.48 bits per heavy atom. The van der Waals surface area contributed by atoms with Crippen LogP contribution in [0.25, 0.3) is 0 Å². The van der Waals surface area contributed by atoms with Crippen LogP contribution >= 0.6 is 11.3 Å². The Hall–Kier alpha value is -2.22. The van der Waals surface area contributed by atoms with Crippen LogP contribution in [0, 0.1) is 0 Å². The van der Waals surface area contributed by atoms with E-state index in [2.05, 4.69) is 15.4 Å². The summed E-state index contributed by atoms with van der Waals surface area (Å²) in [5.41, 5.74) is 1.09. The summed E-state index contributed by atoms with van der Waals surface area (Å²) in [4.78, 5) is 29.6. The Balaban J connectivity index is 1.72. The fourth-order valence-electron chi connectivity index (χ4n) is 2.57. The second kappa shape index (κ2) is 6.49. The number of rotatable bonds is 5. The summed E-state index contributed by atoms with van der Waals surface area (Å²) in [5, 5.41) is 7.42. The maximum atomic E-state index is 12.2. The van der Waals surface area contributed by atoms with E-state index in [-0.39, 0.29) is 17.8 Å². The predicted octanol–water partition coefficient (Wildman–Crippen LogP) is 2.20. The van der Waals surface area contributed by atoms with Crippen LogP contribution in [-0.4, -0.2) is 33.2 Å². The number of anilines is 1. The van der Waals surface area contributed by atoms with Gasteiger partial charge in [0.2, 0.25) is 0 Å². The van der Waals surface area contributed by atoms with Gasteiger partial charge in [0.25, 0.3) is 5.91 Å². The van der Waals surface area contributed by atoms with Gasteiger partial charge in [0.1, 0.15) is 5.92 Å². The van der Waals surface area contributed by atoms with Gasteiger partial charge in [-0.3, -0.25) is 19.6 Å². The molecule has 7 nitrogen and oxygen atoms in total. The first-order valence-electron chi connectivity index (χ1n) is 7.63. The number of amides is 1. The van der Waals surface area contributed by atoms with Gasteiger partial charge in [-0.05, 0) is 32.8 Å². The normalized spacial score (nSPS) is 16.2. The fourth-order valence-corrected chi connectivity index (χ4v) is 3.61. The van der Waals surface area contributed by atoms with E-state index < -0.39 is 0 Å². The van der Waals surface area contributed by atoms with Crippen molar-refractivity contribution in [2.75, 3.05) is 11.9 Å². The first-order valence-corrected chi connectivity index (χ1v) is 8.45. The summed E-state index contributed by atoms with van der Waals surface area (Å²) in [7, 11) is 0. The van der Waals surface area contributed by atoms with Crippen molar-refractivity contribution < 1.29 is 14.3 Å². The maximum Gasteiger partial charge on any atom is 0.315 e. The van der Waals surface area contributed by atoms with Gasteiger partial charge in [0, 0.05) is 17.6 Å². The van der Waals surface area contributed by atoms with Crippen molar-refractivity contribution in [1.82, 2.24) is 14.8 Å². The number of carbonyl (C=O) groups excluding carboxylic acids is 2. The van der Waals surface area contributed by atoms with Gasteiger partial charge >= 0.3 is 5.97 Å². The van der Waals surface area contributed by atoms with Crippen molar-refractivity contribution in [2.24, 2.45) is 0 Å². The number of nitrogens with zero attached hydrogens (tertiary/aromatic N) is 3. The molecule has 0 spiro atoms. The average Bonchev–Trinajstić information content (AvgIpc) is 3.21. The van der Waals surface area contributed by atoms with Gasteiger partial charge in [-0.1, -0.05) is 0 Å². The highest BCUT2D eigenvalue weighted by Crippen LogP contribution is 2.39. The smallest absolute Gasteiger partial charge is 0.315 e. The van der Waals surface area contributed by atoms with Crippen LogP contribution in [0.15, 0.2) is 12.3 Å². The van der Waals surface area contributed by atoms with E-state index in [0.717, 1.165) is 23.4 Å². The van der Waals surface area contributed by atoms with Crippen LogP contribution in [-0.2, 0) is 22.5 Å². The SMILES string of the molecule is CCOC(=O)C1CCc2sc(NC(=O)c3ccn(CC)n3)nc21. The number of nitrogens with one attached hydrogen (secondary N) is 1. The molecule has 23 heavy (non-hydrogen) atoms. The molecule has 8 heteroatoms. The number of thiazole rings is 1. The molecule has 0 bridgehead atoms. The molecule has 1 amide bonds. The van der Waals surface area contributed by atoms with Gasteiger partial charge in [-0.2, -0.15) is 5.10 Å². The number of esters is 1. The molecule has 1 N–H and O–H groups in total. The number of aryl methyl sites for hydroxylation is 2. The lowest BCUT2D eigenvalue weighted by atomic mass is 10.1. The molecule has 1 aliphatic rings. The molecule has 2 aromatic heterocycles. The van der Waals surface area contributed by atoms with Gasteiger partial charge in [0.15, 0.2) is 10.8 Å². The number of aromatic nitrogens is 3. The van der Waals surface area contributed by atoms with Crippen LogP contribution in [0.3, 0.4) is 0 Å². The molecule has 0 aliphatic heterocycles. The third-order valence-corrected chi connectivity index (χ3v) is 4.75. The number of fused-ring (bicyclic) bond motifs is 1. The Bertz CT molecular complexity index is 737. The molecule has 0 fully saturated rings. The highest BCUT2D eigenvalue weighted by molar-refractivity contribution is 7.16. The standard InChI is InChI=1S/C15H18N4O3S/c1-3-19-8-7-10(18-19)13(20)17-15-16-12-9(14(21)22-4-2)5-6-11(12)23-15/h7-9H,3-6H2,1-2H3,(H,16,17,20). The van der Waals surface area contributed by atoms with Crippen LogP contribution in [0.5, 0.6) is 0 Å². The highest BCUT2D eigenvalue weighted by atomic mass is 32.1. The lowest BCUT2D eigenvalue weighted by Crippen LogP contribution is -2.15. The largest absolute Gasteiger partial charge is 0.465 e. The monoisotopic (exact) mass is 334 g/mol. The van der Waals surface area contributed by atoms with E-state index in [1.807, 2.05) is 6.92 Å². The minimum absolute atomic E-state index is 0.240. The molecule has 0 saturated heterocycles. The second-order valence-corrected chi connectivity index (χ2v) is 6.27. The maximum absolute atomic E-state index is 12.2. The van der Waals surface area contributed by atoms with Crippen molar-refractivity contribution >= 4 is 28.3 Å². The quantitative estimate of drug-likeness (QED) is 0.847. The number of ether oxygens (including phenoxy) is 1. The van der Waals surface area contributed by atoms with Gasteiger partial charge in [-0.15, -0.1) is 11.3 Å². The fraction of sp³-hybridized carbons (Fsp3) is 0.467. The van der Waals surface area contributed by atoms with E-state index in [9.17, 15) is 9.59 Å². The van der Waals surface area contributed by atoms with E-state index in [4.69, 9.17) is 4.74 Å². The van der Waals surface area contributed by atoms with E-state index in [0.29, 0.717) is 24.0 Å². The average molecular weight is 334 g/mol. The molecular formula is C15H18N4O3S. The molecule has 2 aromatic rings. The summed E-state index contributed by atoms with van der Waals surface area (Å²) in [5.74, 6) is -0.848. The Morgan fingerprint density at radius 3 is 3.00 bits per heavy atom. The zero-order valence-electron chi connectivity index (χ0n) is 13.0. The number of carbonyl (C=O) groups is 2. The molecule has 1 atom stereocenters. The molecular weight excluding hydrogens is 316 g/mol. The van der Waals surface area contributed by atoms with Crippen LogP contribution < -0.4 is 5.32 Å². The predicted molar refractivity (Wildman–Crippen MR) is 85.7 cm³/mol. The summed E-state index contributed by atoms with van der Waals surface area (Å²) < 4.78 is 6.77. The minimum Gasteiger partial charge on any atom is -0.465 e. The van der Waals surface area contributed by atoms with Gasteiger partial charge in [-0.25, -0.2) is 4.98 Å². The topological polar surface area (TPSA) is 86.1 Å². The molecule has 122 valence electrons. The molecule has 0 saturated carbocycles. The molecule has 2 heterocycles. The molecule has 3 rings (SSSR count). The summed E-state index contributed by atoms with van der Waals surface area (Å²) in [6, 6.07) is 1.67. The molecule has 1 aliphatic carbocycles. The van der Waals surface area contributed by atoms with Crippen molar-refractivity contribution in [3.8, 4) is 0 Å². The third kappa shape index (κ3) is 3.12. The second-order valence-electron chi connectivity index (χ2n) is 5.18. The Kier molecular flexibility index (Phi) is 4.42. The van der Waals surface area contributed by atoms with Crippen molar-refractivity contribution in [3.05, 3.63) is 28.5 Å². The first-order chi connectivity index (χ1) is 11.1. The minimum atomic E-state index is -0.314. The zero-order valence-corrected chi connectivity index (χ0v) is 13.9. The Labute approximate surface area is 137 Å². The molecule has 0 aromatic carbocycles. The van der Waals surface area contributed by atoms with Crippen LogP contribution in [0.4, 0.5) is 5.13 Å². The first kappa shape index (κ1) is 15.7. The summed E-state index contributed by atoms with van der Waals surface area (Å²) in [6.07, 6.45) is 3.27. The third-order valence-electron chi connectivity index (χ3n) is 3.71. The lowest BCUT2D eigenvalue weighted by molar-refractivity contribution is -0.145. The van der Waals surface area contributed by atoms with Crippen molar-refractivity contribution in [1.29, 1.82) is 0 Å².